The second-order valence-corrected chi connectivity index (χ2v) is 5.37. The molecule has 6 heteroatoms. The van der Waals surface area contributed by atoms with Crippen LogP contribution in [-0.4, -0.2) is 22.0 Å². The molecule has 0 spiro atoms. The molecule has 0 saturated heterocycles. The largest absolute Gasteiger partial charge is 0.480 e. The maximum absolute atomic E-state index is 11.3. The molecule has 1 heterocycles. The highest BCUT2D eigenvalue weighted by atomic mass is 32.1. The molecule has 1 aromatic heterocycles. The van der Waals surface area contributed by atoms with Gasteiger partial charge in [-0.1, -0.05) is 12.1 Å². The van der Waals surface area contributed by atoms with E-state index in [2.05, 4.69) is 4.98 Å². The molecule has 2 aromatic rings. The van der Waals surface area contributed by atoms with Gasteiger partial charge in [0.2, 0.25) is 5.91 Å². The molecule has 18 heavy (non-hydrogen) atoms. The van der Waals surface area contributed by atoms with Gasteiger partial charge in [-0.05, 0) is 19.1 Å². The van der Waals surface area contributed by atoms with Gasteiger partial charge < -0.3 is 10.8 Å². The summed E-state index contributed by atoms with van der Waals surface area (Å²) in [5.74, 6) is -2.08. The summed E-state index contributed by atoms with van der Waals surface area (Å²) in [4.78, 5) is 26.8. The Labute approximate surface area is 107 Å². The number of aromatic nitrogens is 1. The van der Waals surface area contributed by atoms with Gasteiger partial charge in [-0.3, -0.25) is 9.59 Å². The van der Waals surface area contributed by atoms with Crippen LogP contribution in [0.5, 0.6) is 0 Å². The summed E-state index contributed by atoms with van der Waals surface area (Å²) < 4.78 is 0.963. The summed E-state index contributed by atoms with van der Waals surface area (Å²) in [7, 11) is 0. The number of hydrogen-bond donors (Lipinski definition) is 2. The number of benzene rings is 1. The first-order chi connectivity index (χ1) is 8.43. The third-order valence-electron chi connectivity index (χ3n) is 2.86. The zero-order valence-corrected chi connectivity index (χ0v) is 10.5. The van der Waals surface area contributed by atoms with Crippen molar-refractivity contribution >= 4 is 33.4 Å². The van der Waals surface area contributed by atoms with Gasteiger partial charge in [0, 0.05) is 6.42 Å². The SMILES string of the molecule is CC(Cc1nc2ccccc2s1)(C(N)=O)C(=O)O. The molecule has 1 aromatic carbocycles. The highest BCUT2D eigenvalue weighted by Crippen LogP contribution is 2.28. The maximum atomic E-state index is 11.3. The van der Waals surface area contributed by atoms with Crippen molar-refractivity contribution in [3.05, 3.63) is 29.3 Å². The van der Waals surface area contributed by atoms with Crippen LogP contribution in [0.3, 0.4) is 0 Å². The minimum Gasteiger partial charge on any atom is -0.480 e. The Hall–Kier alpha value is -1.95. The summed E-state index contributed by atoms with van der Waals surface area (Å²) >= 11 is 1.38. The van der Waals surface area contributed by atoms with Crippen LogP contribution in [0, 0.1) is 5.41 Å². The van der Waals surface area contributed by atoms with E-state index in [-0.39, 0.29) is 6.42 Å². The van der Waals surface area contributed by atoms with Gasteiger partial charge in [0.15, 0.2) is 0 Å². The molecule has 0 aliphatic rings. The number of thiazole rings is 1. The molecule has 3 N–H and O–H groups in total. The lowest BCUT2D eigenvalue weighted by molar-refractivity contribution is -0.153. The van der Waals surface area contributed by atoms with Gasteiger partial charge in [0.05, 0.1) is 15.2 Å². The first kappa shape index (κ1) is 12.5. The minimum absolute atomic E-state index is 0.0109. The van der Waals surface area contributed by atoms with E-state index in [1.54, 1.807) is 0 Å². The van der Waals surface area contributed by atoms with Gasteiger partial charge in [0.1, 0.15) is 5.41 Å². The number of hydrogen-bond acceptors (Lipinski definition) is 4. The van der Waals surface area contributed by atoms with E-state index in [1.165, 1.54) is 18.3 Å². The zero-order valence-electron chi connectivity index (χ0n) is 9.71. The second kappa shape index (κ2) is 4.38. The number of fused-ring (bicyclic) bond motifs is 1. The molecule has 1 unspecified atom stereocenters. The second-order valence-electron chi connectivity index (χ2n) is 4.25. The lowest BCUT2D eigenvalue weighted by Gasteiger charge is -2.18. The zero-order chi connectivity index (χ0) is 13.3. The molecule has 0 aliphatic carbocycles. The molecule has 0 fully saturated rings. The van der Waals surface area contributed by atoms with Crippen molar-refractivity contribution in [2.45, 2.75) is 13.3 Å². The van der Waals surface area contributed by atoms with Gasteiger partial charge >= 0.3 is 5.97 Å². The Morgan fingerprint density at radius 2 is 2.11 bits per heavy atom. The molecule has 0 aliphatic heterocycles. The molecule has 0 bridgehead atoms. The van der Waals surface area contributed by atoms with Crippen LogP contribution in [-0.2, 0) is 16.0 Å². The summed E-state index contributed by atoms with van der Waals surface area (Å²) in [6, 6.07) is 7.49. The standard InChI is InChI=1S/C12H12N2O3S/c1-12(10(13)15,11(16)17)6-9-14-7-4-2-3-5-8(7)18-9/h2-5H,6H2,1H3,(H2,13,15)(H,16,17). The summed E-state index contributed by atoms with van der Waals surface area (Å²) in [5, 5.41) is 9.71. The van der Waals surface area contributed by atoms with E-state index in [9.17, 15) is 9.59 Å². The molecule has 94 valence electrons. The highest BCUT2D eigenvalue weighted by Gasteiger charge is 2.40. The van der Waals surface area contributed by atoms with E-state index in [4.69, 9.17) is 10.8 Å². The van der Waals surface area contributed by atoms with Gasteiger partial charge in [0.25, 0.3) is 0 Å². The highest BCUT2D eigenvalue weighted by molar-refractivity contribution is 7.18. The maximum Gasteiger partial charge on any atom is 0.319 e. The van der Waals surface area contributed by atoms with Crippen molar-refractivity contribution in [2.75, 3.05) is 0 Å². The van der Waals surface area contributed by atoms with E-state index in [0.29, 0.717) is 5.01 Å². The van der Waals surface area contributed by atoms with E-state index >= 15 is 0 Å². The smallest absolute Gasteiger partial charge is 0.319 e. The van der Waals surface area contributed by atoms with Crippen molar-refractivity contribution in [3.63, 3.8) is 0 Å². The van der Waals surface area contributed by atoms with Crippen LogP contribution < -0.4 is 5.73 Å². The van der Waals surface area contributed by atoms with Crippen LogP contribution in [0.4, 0.5) is 0 Å². The number of carboxylic acids is 1. The number of para-hydroxylation sites is 1. The number of carboxylic acid groups (broad SMARTS) is 1. The van der Waals surface area contributed by atoms with Crippen molar-refractivity contribution in [3.8, 4) is 0 Å². The number of nitrogens with two attached hydrogens (primary N) is 1. The number of carbonyl (C=O) groups excluding carboxylic acids is 1. The third-order valence-corrected chi connectivity index (χ3v) is 3.90. The predicted molar refractivity (Wildman–Crippen MR) is 68.3 cm³/mol. The molecule has 1 amide bonds. The topological polar surface area (TPSA) is 93.3 Å². The van der Waals surface area contributed by atoms with E-state index < -0.39 is 17.3 Å². The Bertz CT molecular complexity index is 574. The molecule has 1 atom stereocenters. The molecule has 0 radical (unpaired) electrons. The van der Waals surface area contributed by atoms with Crippen LogP contribution in [0.15, 0.2) is 24.3 Å². The van der Waals surface area contributed by atoms with Crippen LogP contribution >= 0.6 is 11.3 Å². The van der Waals surface area contributed by atoms with Crippen molar-refractivity contribution in [1.82, 2.24) is 4.98 Å². The first-order valence-corrected chi connectivity index (χ1v) is 6.13. The summed E-state index contributed by atoms with van der Waals surface area (Å²) in [6.45, 7) is 1.32. The molecule has 0 saturated carbocycles. The third kappa shape index (κ3) is 2.06. The summed E-state index contributed by atoms with van der Waals surface area (Å²) in [6.07, 6.45) is 0.0109. The monoisotopic (exact) mass is 264 g/mol. The van der Waals surface area contributed by atoms with E-state index in [0.717, 1.165) is 10.2 Å². The fourth-order valence-corrected chi connectivity index (χ4v) is 2.69. The first-order valence-electron chi connectivity index (χ1n) is 5.31. The van der Waals surface area contributed by atoms with Crippen LogP contribution in [0.1, 0.15) is 11.9 Å². The fraction of sp³-hybridized carbons (Fsp3) is 0.250. The Kier molecular flexibility index (Phi) is 3.04. The van der Waals surface area contributed by atoms with Crippen LogP contribution in [0.2, 0.25) is 0 Å². The van der Waals surface area contributed by atoms with Crippen molar-refractivity contribution in [2.24, 2.45) is 11.1 Å². The number of amides is 1. The Morgan fingerprint density at radius 1 is 1.44 bits per heavy atom. The number of nitrogens with zero attached hydrogens (tertiary/aromatic N) is 1. The lowest BCUT2D eigenvalue weighted by Crippen LogP contribution is -2.43. The van der Waals surface area contributed by atoms with Crippen LogP contribution in [0.25, 0.3) is 10.2 Å². The van der Waals surface area contributed by atoms with Crippen molar-refractivity contribution < 1.29 is 14.7 Å². The summed E-state index contributed by atoms with van der Waals surface area (Å²) in [5.41, 5.74) is 4.35. The van der Waals surface area contributed by atoms with E-state index in [1.807, 2.05) is 24.3 Å². The van der Waals surface area contributed by atoms with Gasteiger partial charge in [-0.15, -0.1) is 11.3 Å². The van der Waals surface area contributed by atoms with Gasteiger partial charge in [-0.2, -0.15) is 0 Å². The molecular weight excluding hydrogens is 252 g/mol. The Morgan fingerprint density at radius 3 is 2.67 bits per heavy atom. The average molecular weight is 264 g/mol. The number of carbonyl (C=O) groups is 2. The lowest BCUT2D eigenvalue weighted by atomic mass is 9.86. The number of aliphatic carboxylic acids is 1. The molecule has 2 rings (SSSR count). The quantitative estimate of drug-likeness (QED) is 0.816. The fourth-order valence-electron chi connectivity index (χ4n) is 1.57. The predicted octanol–water partition coefficient (Wildman–Crippen LogP) is 1.42. The minimum atomic E-state index is -1.62. The van der Waals surface area contributed by atoms with Gasteiger partial charge in [-0.25, -0.2) is 4.98 Å². The normalized spacial score (nSPS) is 14.3. The average Bonchev–Trinajstić information content (AvgIpc) is 2.70. The Balaban J connectivity index is 2.38. The van der Waals surface area contributed by atoms with Crippen molar-refractivity contribution in [1.29, 1.82) is 0 Å². The number of rotatable bonds is 4. The number of primary amides is 1. The molecule has 5 nitrogen and oxygen atoms in total. The molecular formula is C12H12N2O3S.